The van der Waals surface area contributed by atoms with E-state index in [1.807, 2.05) is 13.1 Å². The number of hydrogen-bond donors (Lipinski definition) is 2. The molecular weight excluding hydrogens is 190 g/mol. The molecule has 2 N–H and O–H groups in total. The average molecular weight is 207 g/mol. The minimum Gasteiger partial charge on any atom is -0.508 e. The van der Waals surface area contributed by atoms with Crippen LogP contribution < -0.4 is 10.1 Å². The van der Waals surface area contributed by atoms with E-state index in [0.29, 0.717) is 6.04 Å². The maximum absolute atomic E-state index is 9.42. The molecule has 1 aromatic carbocycles. The van der Waals surface area contributed by atoms with Gasteiger partial charge in [0.15, 0.2) is 0 Å². The predicted octanol–water partition coefficient (Wildman–Crippen LogP) is 2.21. The van der Waals surface area contributed by atoms with Gasteiger partial charge in [-0.25, -0.2) is 0 Å². The Morgan fingerprint density at radius 2 is 2.20 bits per heavy atom. The van der Waals surface area contributed by atoms with Gasteiger partial charge in [0.1, 0.15) is 17.1 Å². The zero-order valence-electron chi connectivity index (χ0n) is 9.37. The largest absolute Gasteiger partial charge is 0.508 e. The molecule has 1 atom stereocenters. The van der Waals surface area contributed by atoms with Gasteiger partial charge in [0.05, 0.1) is 0 Å². The van der Waals surface area contributed by atoms with Crippen molar-refractivity contribution in [2.24, 2.45) is 0 Å². The SMILES string of the molecule is CNC1CC(C)(C)Oc2cc(O)ccc21. The van der Waals surface area contributed by atoms with Crippen LogP contribution in [0.4, 0.5) is 0 Å². The third-order valence-electron chi connectivity index (χ3n) is 2.80. The van der Waals surface area contributed by atoms with Crippen molar-refractivity contribution in [3.63, 3.8) is 0 Å². The summed E-state index contributed by atoms with van der Waals surface area (Å²) in [5.74, 6) is 1.03. The molecule has 1 heterocycles. The van der Waals surface area contributed by atoms with E-state index in [1.165, 1.54) is 0 Å². The zero-order chi connectivity index (χ0) is 11.1. The molecule has 3 heteroatoms. The Hall–Kier alpha value is -1.22. The highest BCUT2D eigenvalue weighted by Gasteiger charge is 2.32. The summed E-state index contributed by atoms with van der Waals surface area (Å²) in [5, 5.41) is 12.7. The summed E-state index contributed by atoms with van der Waals surface area (Å²) in [6, 6.07) is 5.59. The number of phenols is 1. The first kappa shape index (κ1) is 10.3. The first-order chi connectivity index (χ1) is 7.02. The van der Waals surface area contributed by atoms with Gasteiger partial charge in [-0.3, -0.25) is 0 Å². The fourth-order valence-corrected chi connectivity index (χ4v) is 2.10. The standard InChI is InChI=1S/C12H17NO2/c1-12(2)7-10(13-3)9-5-4-8(14)6-11(9)15-12/h4-6,10,13-14H,7H2,1-3H3. The van der Waals surface area contributed by atoms with Crippen LogP contribution in [0.2, 0.25) is 0 Å². The van der Waals surface area contributed by atoms with Crippen molar-refractivity contribution in [3.8, 4) is 11.5 Å². The molecule has 0 radical (unpaired) electrons. The fourth-order valence-electron chi connectivity index (χ4n) is 2.10. The van der Waals surface area contributed by atoms with Gasteiger partial charge in [0.25, 0.3) is 0 Å². The lowest BCUT2D eigenvalue weighted by Gasteiger charge is -2.37. The first-order valence-electron chi connectivity index (χ1n) is 5.21. The van der Waals surface area contributed by atoms with Gasteiger partial charge in [-0.15, -0.1) is 0 Å². The molecule has 1 unspecified atom stereocenters. The normalized spacial score (nSPS) is 23.0. The number of rotatable bonds is 1. The van der Waals surface area contributed by atoms with E-state index in [-0.39, 0.29) is 11.4 Å². The summed E-state index contributed by atoms with van der Waals surface area (Å²) in [4.78, 5) is 0. The molecule has 2 rings (SSSR count). The van der Waals surface area contributed by atoms with Crippen LogP contribution in [0.15, 0.2) is 18.2 Å². The monoisotopic (exact) mass is 207 g/mol. The zero-order valence-corrected chi connectivity index (χ0v) is 9.37. The average Bonchev–Trinajstić information content (AvgIpc) is 2.14. The van der Waals surface area contributed by atoms with Crippen LogP contribution in [0.3, 0.4) is 0 Å². The summed E-state index contributed by atoms with van der Waals surface area (Å²) in [6.07, 6.45) is 0.932. The number of nitrogens with one attached hydrogen (secondary N) is 1. The Labute approximate surface area is 90.1 Å². The van der Waals surface area contributed by atoms with Crippen molar-refractivity contribution < 1.29 is 9.84 Å². The van der Waals surface area contributed by atoms with E-state index in [4.69, 9.17) is 4.74 Å². The van der Waals surface area contributed by atoms with Crippen LogP contribution in [0.5, 0.6) is 11.5 Å². The minimum atomic E-state index is -0.186. The second-order valence-corrected chi connectivity index (χ2v) is 4.63. The Morgan fingerprint density at radius 1 is 1.47 bits per heavy atom. The summed E-state index contributed by atoms with van der Waals surface area (Å²) in [5.41, 5.74) is 0.934. The maximum atomic E-state index is 9.42. The summed E-state index contributed by atoms with van der Waals surface area (Å²) < 4.78 is 5.83. The molecule has 0 bridgehead atoms. The van der Waals surface area contributed by atoms with Crippen LogP contribution in [-0.4, -0.2) is 17.8 Å². The van der Waals surface area contributed by atoms with Gasteiger partial charge in [-0.2, -0.15) is 0 Å². The molecule has 82 valence electrons. The smallest absolute Gasteiger partial charge is 0.128 e. The molecule has 1 aliphatic heterocycles. The van der Waals surface area contributed by atoms with Gasteiger partial charge < -0.3 is 15.2 Å². The van der Waals surface area contributed by atoms with Crippen molar-refractivity contribution >= 4 is 0 Å². The van der Waals surface area contributed by atoms with Crippen molar-refractivity contribution in [1.29, 1.82) is 0 Å². The first-order valence-corrected chi connectivity index (χ1v) is 5.21. The molecule has 0 fully saturated rings. The molecule has 15 heavy (non-hydrogen) atoms. The highest BCUT2D eigenvalue weighted by atomic mass is 16.5. The number of ether oxygens (including phenoxy) is 1. The van der Waals surface area contributed by atoms with Crippen LogP contribution in [0.25, 0.3) is 0 Å². The molecule has 0 saturated carbocycles. The van der Waals surface area contributed by atoms with E-state index >= 15 is 0 Å². The number of benzene rings is 1. The second-order valence-electron chi connectivity index (χ2n) is 4.63. The number of phenolic OH excluding ortho intramolecular Hbond substituents is 1. The van der Waals surface area contributed by atoms with Crippen molar-refractivity contribution in [2.45, 2.75) is 31.9 Å². The maximum Gasteiger partial charge on any atom is 0.128 e. The highest BCUT2D eigenvalue weighted by Crippen LogP contribution is 2.40. The fraction of sp³-hybridized carbons (Fsp3) is 0.500. The van der Waals surface area contributed by atoms with Gasteiger partial charge in [0.2, 0.25) is 0 Å². The van der Waals surface area contributed by atoms with E-state index in [9.17, 15) is 5.11 Å². The lowest BCUT2D eigenvalue weighted by atomic mass is 9.90. The molecule has 1 aromatic rings. The molecule has 3 nitrogen and oxygen atoms in total. The summed E-state index contributed by atoms with van der Waals surface area (Å²) in [7, 11) is 1.95. The highest BCUT2D eigenvalue weighted by molar-refractivity contribution is 5.43. The third-order valence-corrected chi connectivity index (χ3v) is 2.80. The van der Waals surface area contributed by atoms with Gasteiger partial charge in [0, 0.05) is 24.1 Å². The molecule has 0 amide bonds. The van der Waals surface area contributed by atoms with Crippen LogP contribution >= 0.6 is 0 Å². The second kappa shape index (κ2) is 3.42. The Balaban J connectivity index is 2.44. The van der Waals surface area contributed by atoms with Gasteiger partial charge in [-0.05, 0) is 27.0 Å². The van der Waals surface area contributed by atoms with E-state index < -0.39 is 0 Å². The molecule has 0 saturated heterocycles. The summed E-state index contributed by atoms with van der Waals surface area (Å²) >= 11 is 0. The van der Waals surface area contributed by atoms with Crippen molar-refractivity contribution in [3.05, 3.63) is 23.8 Å². The predicted molar refractivity (Wildman–Crippen MR) is 59.2 cm³/mol. The number of fused-ring (bicyclic) bond motifs is 1. The van der Waals surface area contributed by atoms with Crippen molar-refractivity contribution in [1.82, 2.24) is 5.32 Å². The summed E-state index contributed by atoms with van der Waals surface area (Å²) in [6.45, 7) is 4.12. The van der Waals surface area contributed by atoms with Crippen LogP contribution in [-0.2, 0) is 0 Å². The molecule has 0 aromatic heterocycles. The van der Waals surface area contributed by atoms with E-state index in [2.05, 4.69) is 19.2 Å². The Bertz CT molecular complexity index is 374. The van der Waals surface area contributed by atoms with Gasteiger partial charge >= 0.3 is 0 Å². The van der Waals surface area contributed by atoms with Gasteiger partial charge in [-0.1, -0.05) is 6.07 Å². The van der Waals surface area contributed by atoms with E-state index in [1.54, 1.807) is 12.1 Å². The van der Waals surface area contributed by atoms with Crippen LogP contribution in [0.1, 0.15) is 31.9 Å². The third kappa shape index (κ3) is 1.92. The molecule has 0 spiro atoms. The quantitative estimate of drug-likeness (QED) is 0.742. The topological polar surface area (TPSA) is 41.5 Å². The lowest BCUT2D eigenvalue weighted by molar-refractivity contribution is 0.0672. The van der Waals surface area contributed by atoms with Crippen LogP contribution in [0, 0.1) is 0 Å². The lowest BCUT2D eigenvalue weighted by Crippen LogP contribution is -2.38. The number of aromatic hydroxyl groups is 1. The number of hydrogen-bond acceptors (Lipinski definition) is 3. The Kier molecular flexibility index (Phi) is 2.35. The van der Waals surface area contributed by atoms with E-state index in [0.717, 1.165) is 17.7 Å². The molecular formula is C12H17NO2. The minimum absolute atomic E-state index is 0.186. The van der Waals surface area contributed by atoms with Crippen molar-refractivity contribution in [2.75, 3.05) is 7.05 Å². The molecule has 1 aliphatic rings. The molecule has 0 aliphatic carbocycles. The Morgan fingerprint density at radius 3 is 2.87 bits per heavy atom.